The molecule has 3 aromatic heterocycles. The molecule has 0 amide bonds. The van der Waals surface area contributed by atoms with E-state index in [0.29, 0.717) is 10.8 Å². The predicted octanol–water partition coefficient (Wildman–Crippen LogP) is 3.14. The molecule has 8 nitrogen and oxygen atoms in total. The second-order valence-electron chi connectivity index (χ2n) is 5.33. The van der Waals surface area contributed by atoms with Gasteiger partial charge in [-0.2, -0.15) is 0 Å². The quantitative estimate of drug-likeness (QED) is 0.338. The van der Waals surface area contributed by atoms with Gasteiger partial charge in [-0.25, -0.2) is 9.97 Å². The van der Waals surface area contributed by atoms with Crippen molar-refractivity contribution < 1.29 is 4.92 Å². The summed E-state index contributed by atoms with van der Waals surface area (Å²) in [5.41, 5.74) is 0.746. The predicted molar refractivity (Wildman–Crippen MR) is 96.3 cm³/mol. The monoisotopic (exact) mass is 365 g/mol. The highest BCUT2D eigenvalue weighted by Crippen LogP contribution is 2.31. The van der Waals surface area contributed by atoms with Gasteiger partial charge in [0.1, 0.15) is 5.65 Å². The number of nitrogens with one attached hydrogen (secondary N) is 1. The molecule has 3 heterocycles. The van der Waals surface area contributed by atoms with E-state index < -0.39 is 16.2 Å². The van der Waals surface area contributed by atoms with E-state index >= 15 is 0 Å². The summed E-state index contributed by atoms with van der Waals surface area (Å²) in [7, 11) is 0. The third-order valence-electron chi connectivity index (χ3n) is 3.69. The Kier molecular flexibility index (Phi) is 3.98. The highest BCUT2D eigenvalue weighted by Gasteiger charge is 2.25. The molecule has 0 radical (unpaired) electrons. The van der Waals surface area contributed by atoms with Crippen LogP contribution in [0.25, 0.3) is 16.9 Å². The molecule has 4 rings (SSSR count). The summed E-state index contributed by atoms with van der Waals surface area (Å²) in [5.74, 6) is 0. The fourth-order valence-corrected chi connectivity index (χ4v) is 3.34. The van der Waals surface area contributed by atoms with Crippen LogP contribution < -0.4 is 5.56 Å². The molecule has 1 N–H and O–H groups in total. The van der Waals surface area contributed by atoms with Crippen molar-refractivity contribution in [3.63, 3.8) is 0 Å². The van der Waals surface area contributed by atoms with Crippen molar-refractivity contribution >= 4 is 23.1 Å². The van der Waals surface area contributed by atoms with E-state index in [0.717, 1.165) is 27.4 Å². The molecule has 0 unspecified atom stereocenters. The first-order valence-electron chi connectivity index (χ1n) is 7.57. The Morgan fingerprint density at radius 1 is 1.12 bits per heavy atom. The van der Waals surface area contributed by atoms with Gasteiger partial charge in [0, 0.05) is 6.20 Å². The summed E-state index contributed by atoms with van der Waals surface area (Å²) in [6, 6.07) is 14.5. The van der Waals surface area contributed by atoms with Gasteiger partial charge in [0.05, 0.1) is 16.8 Å². The van der Waals surface area contributed by atoms with Gasteiger partial charge in [0.25, 0.3) is 0 Å². The number of nitro groups is 1. The van der Waals surface area contributed by atoms with E-state index in [1.54, 1.807) is 24.4 Å². The number of nitrogens with zero attached hydrogens (tertiary/aromatic N) is 4. The van der Waals surface area contributed by atoms with E-state index in [-0.39, 0.29) is 5.03 Å². The topological polar surface area (TPSA) is 106 Å². The first kappa shape index (κ1) is 16.0. The maximum absolute atomic E-state index is 12.4. The molecule has 0 aliphatic rings. The van der Waals surface area contributed by atoms with Crippen LogP contribution in [0, 0.1) is 10.1 Å². The number of aromatic nitrogens is 4. The number of benzene rings is 1. The molecule has 0 bridgehead atoms. The molecule has 26 heavy (non-hydrogen) atoms. The van der Waals surface area contributed by atoms with Crippen molar-refractivity contribution in [2.75, 3.05) is 0 Å². The number of aromatic amines is 1. The lowest BCUT2D eigenvalue weighted by atomic mass is 10.2. The van der Waals surface area contributed by atoms with Crippen molar-refractivity contribution in [1.82, 2.24) is 19.4 Å². The second-order valence-corrected chi connectivity index (χ2v) is 6.30. The van der Waals surface area contributed by atoms with Crippen molar-refractivity contribution in [1.29, 1.82) is 0 Å². The minimum absolute atomic E-state index is 0.000150. The molecule has 0 saturated heterocycles. The highest BCUT2D eigenvalue weighted by molar-refractivity contribution is 7.99. The molecule has 0 fully saturated rings. The number of hydrogen-bond donors (Lipinski definition) is 1. The summed E-state index contributed by atoms with van der Waals surface area (Å²) < 4.78 is 1.15. The van der Waals surface area contributed by atoms with Gasteiger partial charge in [0.15, 0.2) is 10.2 Å². The molecule has 0 aliphatic heterocycles. The molecular formula is C17H11N5O3S. The normalized spacial score (nSPS) is 10.9. The largest absolute Gasteiger partial charge is 0.366 e. The van der Waals surface area contributed by atoms with Crippen LogP contribution in [0.15, 0.2) is 75.9 Å². The first-order chi connectivity index (χ1) is 12.6. The third kappa shape index (κ3) is 2.84. The van der Waals surface area contributed by atoms with Crippen LogP contribution >= 0.6 is 11.8 Å². The van der Waals surface area contributed by atoms with Crippen LogP contribution in [0.1, 0.15) is 0 Å². The lowest BCUT2D eigenvalue weighted by molar-refractivity contribution is -0.389. The Balaban J connectivity index is 1.78. The zero-order valence-corrected chi connectivity index (χ0v) is 14.0. The Hall–Kier alpha value is -3.46. The molecular weight excluding hydrogens is 354 g/mol. The summed E-state index contributed by atoms with van der Waals surface area (Å²) in [6.07, 6.45) is 3.09. The van der Waals surface area contributed by atoms with Gasteiger partial charge < -0.3 is 4.98 Å². The molecule has 0 atom stereocenters. The fraction of sp³-hybridized carbons (Fsp3) is 0. The van der Waals surface area contributed by atoms with E-state index in [4.69, 9.17) is 0 Å². The average Bonchev–Trinajstić information content (AvgIpc) is 3.11. The molecule has 1 aromatic carbocycles. The number of imidazole rings is 1. The van der Waals surface area contributed by atoms with Crippen LogP contribution in [0.5, 0.6) is 0 Å². The number of pyridine rings is 1. The minimum Gasteiger partial charge on any atom is -0.333 e. The highest BCUT2D eigenvalue weighted by atomic mass is 32.2. The molecule has 0 saturated carbocycles. The van der Waals surface area contributed by atoms with Crippen LogP contribution in [0.3, 0.4) is 0 Å². The third-order valence-corrected chi connectivity index (χ3v) is 4.57. The van der Waals surface area contributed by atoms with Gasteiger partial charge >= 0.3 is 11.2 Å². The number of hydrogen-bond acceptors (Lipinski definition) is 6. The standard InChI is InChI=1S/C17H11N5O3S/c23-16-14(22(24)25)15(20-13-8-4-5-9-21(13)16)26-17-18-10-12(19-17)11-6-2-1-3-7-11/h1-10H,(H,18,19). The summed E-state index contributed by atoms with van der Waals surface area (Å²) >= 11 is 0.954. The zero-order valence-electron chi connectivity index (χ0n) is 13.2. The van der Waals surface area contributed by atoms with Crippen LogP contribution in [-0.2, 0) is 0 Å². The van der Waals surface area contributed by atoms with Gasteiger partial charge in [-0.15, -0.1) is 0 Å². The molecule has 128 valence electrons. The number of fused-ring (bicyclic) bond motifs is 1. The second kappa shape index (κ2) is 6.45. The lowest BCUT2D eigenvalue weighted by Crippen LogP contribution is -2.19. The van der Waals surface area contributed by atoms with Gasteiger partial charge in [-0.3, -0.25) is 19.3 Å². The Morgan fingerprint density at radius 3 is 2.65 bits per heavy atom. The SMILES string of the molecule is O=c1c([N+](=O)[O-])c(Sc2ncc(-c3ccccc3)[nH]2)nc2ccccn12. The van der Waals surface area contributed by atoms with E-state index in [9.17, 15) is 14.9 Å². The molecule has 0 aliphatic carbocycles. The minimum atomic E-state index is -0.724. The number of H-pyrrole nitrogens is 1. The summed E-state index contributed by atoms with van der Waals surface area (Å²) in [4.78, 5) is 34.7. The van der Waals surface area contributed by atoms with Crippen LogP contribution in [0.2, 0.25) is 0 Å². The van der Waals surface area contributed by atoms with E-state index in [2.05, 4.69) is 15.0 Å². The van der Waals surface area contributed by atoms with Crippen molar-refractivity contribution in [3.8, 4) is 11.3 Å². The van der Waals surface area contributed by atoms with Crippen LogP contribution in [0.4, 0.5) is 5.69 Å². The number of rotatable bonds is 4. The summed E-state index contributed by atoms with van der Waals surface area (Å²) in [6.45, 7) is 0. The van der Waals surface area contributed by atoms with Crippen molar-refractivity contribution in [2.45, 2.75) is 10.2 Å². The first-order valence-corrected chi connectivity index (χ1v) is 8.39. The molecule has 4 aromatic rings. The molecule has 0 spiro atoms. The fourth-order valence-electron chi connectivity index (χ4n) is 2.50. The Bertz CT molecular complexity index is 1170. The lowest BCUT2D eigenvalue weighted by Gasteiger charge is -2.03. The average molecular weight is 365 g/mol. The van der Waals surface area contributed by atoms with Gasteiger partial charge in [-0.05, 0) is 29.5 Å². The molecule has 9 heteroatoms. The van der Waals surface area contributed by atoms with Gasteiger partial charge in [0.2, 0.25) is 0 Å². The maximum atomic E-state index is 12.4. The maximum Gasteiger partial charge on any atom is 0.366 e. The Morgan fingerprint density at radius 2 is 1.88 bits per heavy atom. The smallest absolute Gasteiger partial charge is 0.333 e. The van der Waals surface area contributed by atoms with Crippen molar-refractivity contribution in [3.05, 3.63) is 81.4 Å². The van der Waals surface area contributed by atoms with Gasteiger partial charge in [-0.1, -0.05) is 36.4 Å². The zero-order chi connectivity index (χ0) is 18.1. The van der Waals surface area contributed by atoms with E-state index in [1.807, 2.05) is 30.3 Å². The Labute approximate surface area is 150 Å². The van der Waals surface area contributed by atoms with E-state index in [1.165, 1.54) is 6.20 Å². The van der Waals surface area contributed by atoms with Crippen molar-refractivity contribution in [2.24, 2.45) is 0 Å². The van der Waals surface area contributed by atoms with Crippen LogP contribution in [-0.4, -0.2) is 24.3 Å². The summed E-state index contributed by atoms with van der Waals surface area (Å²) in [5, 5.41) is 11.8.